The van der Waals surface area contributed by atoms with E-state index < -0.39 is 17.7 Å². The number of benzene rings is 2. The van der Waals surface area contributed by atoms with Crippen molar-refractivity contribution in [1.29, 1.82) is 0 Å². The van der Waals surface area contributed by atoms with Gasteiger partial charge in [0, 0.05) is 49.8 Å². The molecule has 0 saturated heterocycles. The summed E-state index contributed by atoms with van der Waals surface area (Å²) in [7, 11) is 1.59. The van der Waals surface area contributed by atoms with Gasteiger partial charge in [-0.25, -0.2) is 13.6 Å². The molecular formula is C23H24ClF2N3O2. The molecule has 0 fully saturated rings. The molecule has 0 unspecified atom stereocenters. The topological polar surface area (TPSA) is 46.5 Å². The predicted molar refractivity (Wildman–Crippen MR) is 117 cm³/mol. The van der Waals surface area contributed by atoms with Crippen LogP contribution in [0.3, 0.4) is 0 Å². The van der Waals surface area contributed by atoms with Crippen molar-refractivity contribution < 1.29 is 18.3 Å². The Morgan fingerprint density at radius 2 is 1.97 bits per heavy atom. The predicted octanol–water partition coefficient (Wildman–Crippen LogP) is 5.54. The lowest BCUT2D eigenvalue weighted by Crippen LogP contribution is -2.36. The molecule has 0 aliphatic heterocycles. The van der Waals surface area contributed by atoms with Gasteiger partial charge in [-0.1, -0.05) is 29.8 Å². The number of nitrogens with zero attached hydrogens (tertiary/aromatic N) is 2. The Morgan fingerprint density at radius 3 is 2.71 bits per heavy atom. The van der Waals surface area contributed by atoms with Crippen molar-refractivity contribution in [2.45, 2.75) is 19.5 Å². The number of aromatic nitrogens is 1. The van der Waals surface area contributed by atoms with Crippen LogP contribution in [-0.2, 0) is 17.8 Å². The first-order chi connectivity index (χ1) is 15.0. The van der Waals surface area contributed by atoms with Gasteiger partial charge in [-0.3, -0.25) is 0 Å². The number of methoxy groups -OCH3 is 1. The van der Waals surface area contributed by atoms with Gasteiger partial charge in [0.15, 0.2) is 0 Å². The Kier molecular flexibility index (Phi) is 8.03. The van der Waals surface area contributed by atoms with Gasteiger partial charge in [-0.15, -0.1) is 0 Å². The SMILES string of the molecule is COCCCN(Cc1cccn1Cc1ccccc1Cl)C(=O)Nc1ccc(F)cc1F. The van der Waals surface area contributed by atoms with Crippen molar-refractivity contribution in [3.05, 3.63) is 88.7 Å². The molecule has 164 valence electrons. The smallest absolute Gasteiger partial charge is 0.322 e. The minimum absolute atomic E-state index is 0.0745. The highest BCUT2D eigenvalue weighted by molar-refractivity contribution is 6.31. The first-order valence-electron chi connectivity index (χ1n) is 9.85. The van der Waals surface area contributed by atoms with E-state index in [1.165, 1.54) is 6.07 Å². The summed E-state index contributed by atoms with van der Waals surface area (Å²) in [5.41, 5.74) is 1.78. The first-order valence-corrected chi connectivity index (χ1v) is 10.2. The lowest BCUT2D eigenvalue weighted by atomic mass is 10.2. The highest BCUT2D eigenvalue weighted by Gasteiger charge is 2.18. The second kappa shape index (κ2) is 10.9. The number of rotatable bonds is 9. The van der Waals surface area contributed by atoms with Crippen molar-refractivity contribution in [2.75, 3.05) is 25.6 Å². The number of urea groups is 1. The Bertz CT molecular complexity index is 1030. The highest BCUT2D eigenvalue weighted by Crippen LogP contribution is 2.19. The molecule has 0 saturated carbocycles. The van der Waals surface area contributed by atoms with Crippen LogP contribution in [-0.4, -0.2) is 35.8 Å². The van der Waals surface area contributed by atoms with Crippen LogP contribution in [0.2, 0.25) is 5.02 Å². The van der Waals surface area contributed by atoms with Crippen LogP contribution in [0.5, 0.6) is 0 Å². The second-order valence-corrected chi connectivity index (χ2v) is 7.45. The van der Waals surface area contributed by atoms with Crippen molar-refractivity contribution in [3.8, 4) is 0 Å². The molecule has 3 aromatic rings. The van der Waals surface area contributed by atoms with E-state index in [0.29, 0.717) is 37.7 Å². The monoisotopic (exact) mass is 447 g/mol. The summed E-state index contributed by atoms with van der Waals surface area (Å²) < 4.78 is 34.3. The molecule has 5 nitrogen and oxygen atoms in total. The molecule has 2 amide bonds. The highest BCUT2D eigenvalue weighted by atomic mass is 35.5. The summed E-state index contributed by atoms with van der Waals surface area (Å²) in [6.45, 7) is 1.74. The third kappa shape index (κ3) is 6.29. The number of halogens is 3. The number of amides is 2. The lowest BCUT2D eigenvalue weighted by molar-refractivity contribution is 0.171. The maximum absolute atomic E-state index is 14.0. The zero-order valence-corrected chi connectivity index (χ0v) is 17.9. The fourth-order valence-corrected chi connectivity index (χ4v) is 3.39. The molecule has 31 heavy (non-hydrogen) atoms. The van der Waals surface area contributed by atoms with Crippen molar-refractivity contribution in [2.24, 2.45) is 0 Å². The molecule has 2 aromatic carbocycles. The Balaban J connectivity index is 1.76. The summed E-state index contributed by atoms with van der Waals surface area (Å²) in [5, 5.41) is 3.20. The fraction of sp³-hybridized carbons (Fsp3) is 0.261. The normalized spacial score (nSPS) is 10.8. The Morgan fingerprint density at radius 1 is 1.16 bits per heavy atom. The van der Waals surface area contributed by atoms with Crippen LogP contribution in [0.4, 0.5) is 19.3 Å². The molecular weight excluding hydrogens is 424 g/mol. The van der Waals surface area contributed by atoms with Crippen molar-refractivity contribution >= 4 is 23.3 Å². The summed E-state index contributed by atoms with van der Waals surface area (Å²) in [6.07, 6.45) is 2.53. The standard InChI is InChI=1S/C23H24ClF2N3O2/c1-31-13-5-12-29(23(30)27-22-10-9-18(25)14-21(22)26)16-19-7-4-11-28(19)15-17-6-2-3-8-20(17)24/h2-4,6-11,14H,5,12-13,15-16H2,1H3,(H,27,30). The fourth-order valence-electron chi connectivity index (χ4n) is 3.19. The van der Waals surface area contributed by atoms with Crippen LogP contribution in [0, 0.1) is 11.6 Å². The lowest BCUT2D eigenvalue weighted by Gasteiger charge is -2.24. The van der Waals surface area contributed by atoms with E-state index in [-0.39, 0.29) is 5.69 Å². The second-order valence-electron chi connectivity index (χ2n) is 7.04. The van der Waals surface area contributed by atoms with E-state index in [4.69, 9.17) is 16.3 Å². The van der Waals surface area contributed by atoms with E-state index in [1.807, 2.05) is 47.2 Å². The molecule has 1 N–H and O–H groups in total. The minimum atomic E-state index is -0.827. The summed E-state index contributed by atoms with van der Waals surface area (Å²) >= 11 is 6.29. The van der Waals surface area contributed by atoms with Crippen LogP contribution in [0.25, 0.3) is 0 Å². The number of carbonyl (C=O) groups excluding carboxylic acids is 1. The van der Waals surface area contributed by atoms with E-state index in [2.05, 4.69) is 5.32 Å². The minimum Gasteiger partial charge on any atom is -0.385 e. The van der Waals surface area contributed by atoms with Crippen molar-refractivity contribution in [3.63, 3.8) is 0 Å². The van der Waals surface area contributed by atoms with Crippen molar-refractivity contribution in [1.82, 2.24) is 9.47 Å². The molecule has 0 spiro atoms. The van der Waals surface area contributed by atoms with Crippen LogP contribution >= 0.6 is 11.6 Å². The van der Waals surface area contributed by atoms with E-state index >= 15 is 0 Å². The number of carbonyl (C=O) groups is 1. The molecule has 8 heteroatoms. The maximum atomic E-state index is 14.0. The van der Waals surface area contributed by atoms with E-state index in [9.17, 15) is 13.6 Å². The Labute approximate surface area is 185 Å². The maximum Gasteiger partial charge on any atom is 0.322 e. The molecule has 0 aliphatic carbocycles. The van der Waals surface area contributed by atoms with Gasteiger partial charge >= 0.3 is 6.03 Å². The number of nitrogens with one attached hydrogen (secondary N) is 1. The quantitative estimate of drug-likeness (QED) is 0.438. The summed E-state index contributed by atoms with van der Waals surface area (Å²) in [5.74, 6) is -1.53. The van der Waals surface area contributed by atoms with Gasteiger partial charge in [-0.2, -0.15) is 0 Å². The van der Waals surface area contributed by atoms with Gasteiger partial charge in [0.05, 0.1) is 12.2 Å². The Hall–Kier alpha value is -2.90. The third-order valence-electron chi connectivity index (χ3n) is 4.81. The molecule has 1 heterocycles. The summed E-state index contributed by atoms with van der Waals surface area (Å²) in [6, 6.07) is 14.0. The average Bonchev–Trinajstić information content (AvgIpc) is 3.18. The number of hydrogen-bond acceptors (Lipinski definition) is 2. The third-order valence-corrected chi connectivity index (χ3v) is 5.18. The van der Waals surface area contributed by atoms with Crippen LogP contribution in [0.1, 0.15) is 17.7 Å². The van der Waals surface area contributed by atoms with Gasteiger partial charge in [0.2, 0.25) is 0 Å². The van der Waals surface area contributed by atoms with Gasteiger partial charge < -0.3 is 19.5 Å². The molecule has 0 atom stereocenters. The van der Waals surface area contributed by atoms with Gasteiger partial charge in [0.1, 0.15) is 11.6 Å². The van der Waals surface area contributed by atoms with Crippen LogP contribution < -0.4 is 5.32 Å². The number of ether oxygens (including phenoxy) is 1. The van der Waals surface area contributed by atoms with Gasteiger partial charge in [0.25, 0.3) is 0 Å². The average molecular weight is 448 g/mol. The van der Waals surface area contributed by atoms with E-state index in [0.717, 1.165) is 23.4 Å². The molecule has 0 bridgehead atoms. The van der Waals surface area contributed by atoms with Crippen LogP contribution in [0.15, 0.2) is 60.8 Å². The molecule has 0 aliphatic rings. The zero-order chi connectivity index (χ0) is 22.2. The van der Waals surface area contributed by atoms with Gasteiger partial charge in [-0.05, 0) is 42.3 Å². The van der Waals surface area contributed by atoms with E-state index in [1.54, 1.807) is 12.0 Å². The molecule has 1 aromatic heterocycles. The number of hydrogen-bond donors (Lipinski definition) is 1. The summed E-state index contributed by atoms with van der Waals surface area (Å²) in [4.78, 5) is 14.4. The largest absolute Gasteiger partial charge is 0.385 e. The molecule has 0 radical (unpaired) electrons. The first kappa shape index (κ1) is 22.8. The zero-order valence-electron chi connectivity index (χ0n) is 17.2. The number of anilines is 1. The molecule has 3 rings (SSSR count).